The lowest BCUT2D eigenvalue weighted by Gasteiger charge is -2.43. The predicted molar refractivity (Wildman–Crippen MR) is 82.6 cm³/mol. The number of nitrogens with zero attached hydrogens (tertiary/aromatic N) is 1. The van der Waals surface area contributed by atoms with E-state index in [1.165, 1.54) is 12.1 Å². The molecule has 1 aliphatic rings. The van der Waals surface area contributed by atoms with Gasteiger partial charge < -0.3 is 5.32 Å². The highest BCUT2D eigenvalue weighted by molar-refractivity contribution is 5.20. The van der Waals surface area contributed by atoms with E-state index < -0.39 is 5.92 Å². The zero-order valence-electron chi connectivity index (χ0n) is 13.2. The number of piperazine rings is 1. The molecule has 0 radical (unpaired) electrons. The van der Waals surface area contributed by atoms with Crippen molar-refractivity contribution in [2.24, 2.45) is 5.92 Å². The molecule has 3 atom stereocenters. The smallest absolute Gasteiger partial charge is 0.285 e. The summed E-state index contributed by atoms with van der Waals surface area (Å²) in [6, 6.07) is 8.60. The Balaban J connectivity index is 2.13. The summed E-state index contributed by atoms with van der Waals surface area (Å²) in [5, 5.41) is 3.42. The molecule has 0 aliphatic carbocycles. The third-order valence-corrected chi connectivity index (χ3v) is 4.55. The topological polar surface area (TPSA) is 15.3 Å². The lowest BCUT2D eigenvalue weighted by atomic mass is 9.94. The maximum atomic E-state index is 14.5. The van der Waals surface area contributed by atoms with Crippen molar-refractivity contribution in [2.45, 2.75) is 45.2 Å². The lowest BCUT2D eigenvalue weighted by Crippen LogP contribution is -2.59. The normalized spacial score (nSPS) is 25.8. The van der Waals surface area contributed by atoms with Crippen molar-refractivity contribution >= 4 is 0 Å². The predicted octanol–water partition coefficient (Wildman–Crippen LogP) is 3.49. The largest absolute Gasteiger partial charge is 0.311 e. The highest BCUT2D eigenvalue weighted by Gasteiger charge is 2.39. The van der Waals surface area contributed by atoms with Gasteiger partial charge in [-0.3, -0.25) is 4.90 Å². The Morgan fingerprint density at radius 3 is 2.62 bits per heavy atom. The summed E-state index contributed by atoms with van der Waals surface area (Å²) in [7, 11) is 0. The molecule has 0 bridgehead atoms. The van der Waals surface area contributed by atoms with Gasteiger partial charge >= 0.3 is 0 Å². The Bertz CT molecular complexity index is 436. The van der Waals surface area contributed by atoms with Crippen molar-refractivity contribution in [3.05, 3.63) is 35.9 Å². The molecule has 1 heterocycles. The molecule has 118 valence electrons. The van der Waals surface area contributed by atoms with E-state index in [0.29, 0.717) is 12.5 Å². The van der Waals surface area contributed by atoms with Crippen LogP contribution in [0.5, 0.6) is 0 Å². The van der Waals surface area contributed by atoms with E-state index in [1.54, 1.807) is 18.2 Å². The van der Waals surface area contributed by atoms with Crippen molar-refractivity contribution in [1.82, 2.24) is 10.2 Å². The molecule has 1 aliphatic heterocycles. The van der Waals surface area contributed by atoms with Crippen molar-refractivity contribution < 1.29 is 8.78 Å². The Hall–Kier alpha value is -1.00. The number of halogens is 2. The van der Waals surface area contributed by atoms with Crippen LogP contribution in [0.25, 0.3) is 0 Å². The molecule has 1 N–H and O–H groups in total. The van der Waals surface area contributed by atoms with E-state index in [2.05, 4.69) is 26.1 Å². The molecule has 1 saturated heterocycles. The molecule has 4 heteroatoms. The van der Waals surface area contributed by atoms with Gasteiger partial charge in [-0.15, -0.1) is 0 Å². The number of benzene rings is 1. The molecule has 0 aromatic heterocycles. The monoisotopic (exact) mass is 296 g/mol. The van der Waals surface area contributed by atoms with Crippen LogP contribution in [0.3, 0.4) is 0 Å². The van der Waals surface area contributed by atoms with Gasteiger partial charge in [0.05, 0.1) is 6.54 Å². The van der Waals surface area contributed by atoms with Crippen LogP contribution in [0.1, 0.15) is 32.8 Å². The van der Waals surface area contributed by atoms with Crippen LogP contribution in [-0.4, -0.2) is 36.6 Å². The average Bonchev–Trinajstić information content (AvgIpc) is 2.47. The third-order valence-electron chi connectivity index (χ3n) is 4.55. The number of hydrogen-bond donors (Lipinski definition) is 1. The van der Waals surface area contributed by atoms with Gasteiger partial charge in [-0.2, -0.15) is 8.78 Å². The van der Waals surface area contributed by atoms with Crippen LogP contribution in [-0.2, 0) is 5.92 Å². The van der Waals surface area contributed by atoms with E-state index in [1.807, 2.05) is 4.90 Å². The Kier molecular flexibility index (Phi) is 5.33. The fourth-order valence-electron chi connectivity index (χ4n) is 3.05. The van der Waals surface area contributed by atoms with E-state index in [-0.39, 0.29) is 24.2 Å². The van der Waals surface area contributed by atoms with Crippen LogP contribution in [0.15, 0.2) is 30.3 Å². The average molecular weight is 296 g/mol. The summed E-state index contributed by atoms with van der Waals surface area (Å²) < 4.78 is 29.1. The maximum absolute atomic E-state index is 14.5. The molecule has 0 spiro atoms. The second-order valence-electron chi connectivity index (χ2n) is 6.26. The summed E-state index contributed by atoms with van der Waals surface area (Å²) in [5.74, 6) is -2.39. The Morgan fingerprint density at radius 2 is 2.00 bits per heavy atom. The van der Waals surface area contributed by atoms with Crippen molar-refractivity contribution in [1.29, 1.82) is 0 Å². The fourth-order valence-corrected chi connectivity index (χ4v) is 3.05. The maximum Gasteiger partial charge on any atom is 0.285 e. The minimum atomic E-state index is -2.80. The molecule has 2 rings (SSSR count). The summed E-state index contributed by atoms with van der Waals surface area (Å²) in [6.07, 6.45) is 1.01. The molecule has 21 heavy (non-hydrogen) atoms. The number of nitrogens with one attached hydrogen (secondary N) is 1. The highest BCUT2D eigenvalue weighted by Crippen LogP contribution is 2.31. The van der Waals surface area contributed by atoms with Crippen LogP contribution < -0.4 is 5.32 Å². The summed E-state index contributed by atoms with van der Waals surface area (Å²) >= 11 is 0. The van der Waals surface area contributed by atoms with Gasteiger partial charge in [0.15, 0.2) is 0 Å². The van der Waals surface area contributed by atoms with Gasteiger partial charge in [-0.25, -0.2) is 0 Å². The highest BCUT2D eigenvalue weighted by atomic mass is 19.3. The SMILES string of the molecule is CCC(C)C1CNC(C)CN1CC(F)(F)c1ccccc1. The molecule has 2 nitrogen and oxygen atoms in total. The van der Waals surface area contributed by atoms with Gasteiger partial charge in [0.25, 0.3) is 5.92 Å². The second-order valence-corrected chi connectivity index (χ2v) is 6.26. The second kappa shape index (κ2) is 6.84. The standard InChI is InChI=1S/C17H26F2N2/c1-4-13(2)16-10-20-14(3)11-21(16)12-17(18,19)15-8-6-5-7-9-15/h5-9,13-14,16,20H,4,10-12H2,1-3H3. The molecular weight excluding hydrogens is 270 g/mol. The molecule has 1 fully saturated rings. The molecule has 0 amide bonds. The third kappa shape index (κ3) is 4.01. The van der Waals surface area contributed by atoms with Crippen LogP contribution in [0, 0.1) is 5.92 Å². The van der Waals surface area contributed by atoms with Gasteiger partial charge in [0.1, 0.15) is 0 Å². The first kappa shape index (κ1) is 16.4. The van der Waals surface area contributed by atoms with Crippen LogP contribution >= 0.6 is 0 Å². The van der Waals surface area contributed by atoms with Gasteiger partial charge in [-0.1, -0.05) is 50.6 Å². The van der Waals surface area contributed by atoms with Crippen LogP contribution in [0.4, 0.5) is 8.78 Å². The number of rotatable bonds is 5. The molecule has 0 saturated carbocycles. The minimum absolute atomic E-state index is 0.110. The zero-order chi connectivity index (χ0) is 15.5. The fraction of sp³-hybridized carbons (Fsp3) is 0.647. The van der Waals surface area contributed by atoms with Crippen LogP contribution in [0.2, 0.25) is 0 Å². The Morgan fingerprint density at radius 1 is 1.33 bits per heavy atom. The van der Waals surface area contributed by atoms with Gasteiger partial charge in [-0.05, 0) is 12.8 Å². The quantitative estimate of drug-likeness (QED) is 0.895. The molecule has 1 aromatic carbocycles. The van der Waals surface area contributed by atoms with Crippen molar-refractivity contribution in [2.75, 3.05) is 19.6 Å². The van der Waals surface area contributed by atoms with E-state index >= 15 is 0 Å². The Labute approximate surface area is 126 Å². The number of alkyl halides is 2. The molecule has 3 unspecified atom stereocenters. The lowest BCUT2D eigenvalue weighted by molar-refractivity contribution is -0.0621. The summed E-state index contributed by atoms with van der Waals surface area (Å²) in [5.41, 5.74) is 0.110. The first-order chi connectivity index (χ1) is 9.94. The van der Waals surface area contributed by atoms with Gasteiger partial charge in [0, 0.05) is 30.7 Å². The molecule has 1 aromatic rings. The molecular formula is C17H26F2N2. The summed E-state index contributed by atoms with van der Waals surface area (Å²) in [4.78, 5) is 1.97. The van der Waals surface area contributed by atoms with Crippen molar-refractivity contribution in [3.63, 3.8) is 0 Å². The first-order valence-corrected chi connectivity index (χ1v) is 7.84. The van der Waals surface area contributed by atoms with E-state index in [4.69, 9.17) is 0 Å². The zero-order valence-corrected chi connectivity index (χ0v) is 13.2. The van der Waals surface area contributed by atoms with E-state index in [9.17, 15) is 8.78 Å². The van der Waals surface area contributed by atoms with Crippen molar-refractivity contribution in [3.8, 4) is 0 Å². The van der Waals surface area contributed by atoms with Gasteiger partial charge in [0.2, 0.25) is 0 Å². The first-order valence-electron chi connectivity index (χ1n) is 7.84. The minimum Gasteiger partial charge on any atom is -0.311 e. The number of hydrogen-bond acceptors (Lipinski definition) is 2. The summed E-state index contributed by atoms with van der Waals surface area (Å²) in [6.45, 7) is 7.60. The van der Waals surface area contributed by atoms with E-state index in [0.717, 1.165) is 13.0 Å².